The molecule has 1 rings (SSSR count). The van der Waals surface area contributed by atoms with Crippen LogP contribution in [0, 0.1) is 0 Å². The first kappa shape index (κ1) is 13.5. The number of benzene rings is 1. The quantitative estimate of drug-likeness (QED) is 0.609. The van der Waals surface area contributed by atoms with E-state index in [4.69, 9.17) is 0 Å². The summed E-state index contributed by atoms with van der Waals surface area (Å²) in [5.41, 5.74) is -1.20. The van der Waals surface area contributed by atoms with E-state index in [0.29, 0.717) is 0 Å². The molecule has 0 aliphatic heterocycles. The first-order chi connectivity index (χ1) is 7.86. The molecule has 2 nitrogen and oxygen atoms in total. The molecule has 0 radical (unpaired) electrons. The normalized spacial score (nSPS) is 13.2. The lowest BCUT2D eigenvalue weighted by Crippen LogP contribution is -2.21. The zero-order chi connectivity index (χ0) is 13.1. The highest BCUT2D eigenvalue weighted by Gasteiger charge is 2.34. The molecule has 0 spiro atoms. The molecular formula is C11H10F4O2. The molecule has 1 unspecified atom stereocenters. The van der Waals surface area contributed by atoms with E-state index < -0.39 is 30.3 Å². The van der Waals surface area contributed by atoms with Gasteiger partial charge in [-0.15, -0.1) is 0 Å². The van der Waals surface area contributed by atoms with Crippen LogP contribution in [0.3, 0.4) is 0 Å². The van der Waals surface area contributed by atoms with Gasteiger partial charge in [-0.3, -0.25) is 0 Å². The molecule has 0 amide bonds. The third-order valence-electron chi connectivity index (χ3n) is 2.18. The van der Waals surface area contributed by atoms with Gasteiger partial charge in [-0.05, 0) is 11.6 Å². The van der Waals surface area contributed by atoms with E-state index in [1.807, 2.05) is 0 Å². The molecule has 1 aromatic carbocycles. The fourth-order valence-electron chi connectivity index (χ4n) is 1.38. The highest BCUT2D eigenvalue weighted by Crippen LogP contribution is 2.32. The average Bonchev–Trinajstić information content (AvgIpc) is 2.27. The molecule has 94 valence electrons. The van der Waals surface area contributed by atoms with E-state index >= 15 is 0 Å². The number of rotatable bonds is 3. The van der Waals surface area contributed by atoms with Crippen LogP contribution in [0.1, 0.15) is 11.1 Å². The first-order valence-corrected chi connectivity index (χ1v) is 4.73. The Morgan fingerprint density at radius 3 is 2.47 bits per heavy atom. The third-order valence-corrected chi connectivity index (χ3v) is 2.18. The van der Waals surface area contributed by atoms with Gasteiger partial charge in [0.25, 0.3) is 0 Å². The van der Waals surface area contributed by atoms with Crippen molar-refractivity contribution in [2.75, 3.05) is 7.11 Å². The molecule has 17 heavy (non-hydrogen) atoms. The van der Waals surface area contributed by atoms with Crippen molar-refractivity contribution >= 4 is 5.97 Å². The number of ether oxygens (including phenoxy) is 1. The summed E-state index contributed by atoms with van der Waals surface area (Å²) in [6.45, 7) is 0. The van der Waals surface area contributed by atoms with Crippen LogP contribution in [0.2, 0.25) is 0 Å². The van der Waals surface area contributed by atoms with Crippen LogP contribution in [-0.2, 0) is 22.1 Å². The van der Waals surface area contributed by atoms with Crippen molar-refractivity contribution in [2.45, 2.75) is 18.8 Å². The Kier molecular flexibility index (Phi) is 4.09. The molecule has 6 heteroatoms. The third kappa shape index (κ3) is 3.44. The molecule has 0 fully saturated rings. The zero-order valence-corrected chi connectivity index (χ0v) is 8.92. The fourth-order valence-corrected chi connectivity index (χ4v) is 1.38. The lowest BCUT2D eigenvalue weighted by atomic mass is 10.0. The Labute approximate surface area is 95.2 Å². The van der Waals surface area contributed by atoms with Gasteiger partial charge < -0.3 is 4.74 Å². The number of hydrogen-bond acceptors (Lipinski definition) is 2. The van der Waals surface area contributed by atoms with Crippen LogP contribution in [0.25, 0.3) is 0 Å². The molecule has 0 aliphatic carbocycles. The first-order valence-electron chi connectivity index (χ1n) is 4.73. The molecule has 0 heterocycles. The summed E-state index contributed by atoms with van der Waals surface area (Å²) in [7, 11) is 0.977. The molecular weight excluding hydrogens is 240 g/mol. The second-order valence-corrected chi connectivity index (χ2v) is 3.35. The molecule has 0 saturated carbocycles. The number of carbonyl (C=O) groups is 1. The topological polar surface area (TPSA) is 26.3 Å². The van der Waals surface area contributed by atoms with Crippen molar-refractivity contribution < 1.29 is 27.1 Å². The van der Waals surface area contributed by atoms with Gasteiger partial charge in [0, 0.05) is 6.42 Å². The number of hydrogen-bond donors (Lipinski definition) is 0. The summed E-state index contributed by atoms with van der Waals surface area (Å²) in [4.78, 5) is 10.8. The van der Waals surface area contributed by atoms with Crippen molar-refractivity contribution in [2.24, 2.45) is 0 Å². The second kappa shape index (κ2) is 5.16. The minimum atomic E-state index is -4.56. The van der Waals surface area contributed by atoms with Crippen LogP contribution < -0.4 is 0 Å². The minimum absolute atomic E-state index is 0.266. The van der Waals surface area contributed by atoms with Crippen molar-refractivity contribution in [3.8, 4) is 0 Å². The van der Waals surface area contributed by atoms with Gasteiger partial charge in [-0.2, -0.15) is 13.2 Å². The zero-order valence-electron chi connectivity index (χ0n) is 8.92. The van der Waals surface area contributed by atoms with Crippen molar-refractivity contribution in [1.82, 2.24) is 0 Å². The van der Waals surface area contributed by atoms with Crippen LogP contribution in [-0.4, -0.2) is 19.3 Å². The monoisotopic (exact) mass is 250 g/mol. The lowest BCUT2D eigenvalue weighted by Gasteiger charge is -2.13. The van der Waals surface area contributed by atoms with Gasteiger partial charge >= 0.3 is 12.1 Å². The van der Waals surface area contributed by atoms with Gasteiger partial charge in [0.05, 0.1) is 12.7 Å². The van der Waals surface area contributed by atoms with E-state index in [1.165, 1.54) is 12.1 Å². The largest absolute Gasteiger partial charge is 0.467 e. The Balaban J connectivity index is 2.95. The van der Waals surface area contributed by atoms with E-state index in [9.17, 15) is 22.4 Å². The predicted octanol–water partition coefficient (Wildman–Crippen LogP) is 2.76. The molecule has 1 aromatic rings. The highest BCUT2D eigenvalue weighted by atomic mass is 19.4. The SMILES string of the molecule is COC(=O)C(F)Cc1ccccc1C(F)(F)F. The Morgan fingerprint density at radius 1 is 1.35 bits per heavy atom. The molecule has 0 bridgehead atoms. The average molecular weight is 250 g/mol. The van der Waals surface area contributed by atoms with Crippen LogP contribution in [0.15, 0.2) is 24.3 Å². The van der Waals surface area contributed by atoms with Crippen molar-refractivity contribution in [1.29, 1.82) is 0 Å². The van der Waals surface area contributed by atoms with Gasteiger partial charge in [-0.1, -0.05) is 18.2 Å². The smallest absolute Gasteiger partial charge is 0.416 e. The number of halogens is 4. The summed E-state index contributed by atoms with van der Waals surface area (Å²) < 4.78 is 55.0. The van der Waals surface area contributed by atoms with E-state index in [-0.39, 0.29) is 5.56 Å². The van der Waals surface area contributed by atoms with Gasteiger partial charge in [-0.25, -0.2) is 9.18 Å². The minimum Gasteiger partial charge on any atom is -0.467 e. The van der Waals surface area contributed by atoms with Gasteiger partial charge in [0.15, 0.2) is 0 Å². The molecule has 0 N–H and O–H groups in total. The Bertz CT molecular complexity index is 401. The lowest BCUT2D eigenvalue weighted by molar-refractivity contribution is -0.147. The maximum atomic E-state index is 13.2. The van der Waals surface area contributed by atoms with Gasteiger partial charge in [0.2, 0.25) is 6.17 Å². The summed E-state index contributed by atoms with van der Waals surface area (Å²) >= 11 is 0. The summed E-state index contributed by atoms with van der Waals surface area (Å²) in [5.74, 6) is -1.18. The molecule has 1 atom stereocenters. The number of methoxy groups -OCH3 is 1. The molecule has 0 aliphatic rings. The number of esters is 1. The number of alkyl halides is 4. The summed E-state index contributed by atoms with van der Waals surface area (Å²) in [6.07, 6.45) is -7.31. The Hall–Kier alpha value is -1.59. The van der Waals surface area contributed by atoms with E-state index in [0.717, 1.165) is 19.2 Å². The summed E-state index contributed by atoms with van der Waals surface area (Å²) in [6, 6.07) is 4.55. The second-order valence-electron chi connectivity index (χ2n) is 3.35. The maximum absolute atomic E-state index is 13.2. The summed E-state index contributed by atoms with van der Waals surface area (Å²) in [5, 5.41) is 0. The predicted molar refractivity (Wildman–Crippen MR) is 52.1 cm³/mol. The van der Waals surface area contributed by atoms with Crippen LogP contribution in [0.5, 0.6) is 0 Å². The van der Waals surface area contributed by atoms with Gasteiger partial charge in [0.1, 0.15) is 0 Å². The Morgan fingerprint density at radius 2 is 1.94 bits per heavy atom. The van der Waals surface area contributed by atoms with E-state index in [2.05, 4.69) is 4.74 Å². The van der Waals surface area contributed by atoms with Crippen LogP contribution in [0.4, 0.5) is 17.6 Å². The van der Waals surface area contributed by atoms with Crippen LogP contribution >= 0.6 is 0 Å². The fraction of sp³-hybridized carbons (Fsp3) is 0.364. The van der Waals surface area contributed by atoms with Crippen molar-refractivity contribution in [3.63, 3.8) is 0 Å². The maximum Gasteiger partial charge on any atom is 0.416 e. The number of carbonyl (C=O) groups excluding carboxylic acids is 1. The molecule has 0 saturated heterocycles. The standard InChI is InChI=1S/C11H10F4O2/c1-17-10(16)9(12)6-7-4-2-3-5-8(7)11(13,14)15/h2-5,9H,6H2,1H3. The van der Waals surface area contributed by atoms with Crippen molar-refractivity contribution in [3.05, 3.63) is 35.4 Å². The molecule has 0 aromatic heterocycles. The van der Waals surface area contributed by atoms with E-state index in [1.54, 1.807) is 0 Å². The highest BCUT2D eigenvalue weighted by molar-refractivity contribution is 5.74.